The van der Waals surface area contributed by atoms with Crippen LogP contribution in [0.5, 0.6) is 0 Å². The summed E-state index contributed by atoms with van der Waals surface area (Å²) < 4.78 is 27.5. The molecule has 27 heavy (non-hydrogen) atoms. The van der Waals surface area contributed by atoms with Crippen molar-refractivity contribution < 1.29 is 18.4 Å². The summed E-state index contributed by atoms with van der Waals surface area (Å²) in [4.78, 5) is 24.8. The van der Waals surface area contributed by atoms with Crippen molar-refractivity contribution >= 4 is 17.4 Å². The first-order valence-electron chi connectivity index (χ1n) is 9.02. The fraction of sp³-hybridized carbons (Fsp3) is 0.421. The number of nitrogens with two attached hydrogens (primary N) is 1. The van der Waals surface area contributed by atoms with Crippen LogP contribution in [0.4, 0.5) is 14.5 Å². The molecule has 0 aliphatic heterocycles. The highest BCUT2D eigenvalue weighted by Crippen LogP contribution is 2.31. The summed E-state index contributed by atoms with van der Waals surface area (Å²) in [5, 5.41) is 8.81. The molecular formula is C19H22F2N4O2. The highest BCUT2D eigenvalue weighted by atomic mass is 19.1. The number of Topliss-reactive ketones (excluding diaryl/α,β-unsaturated/α-hetero) is 1. The molecule has 0 saturated heterocycles. The third kappa shape index (κ3) is 4.39. The number of benzene rings is 1. The molecule has 3 rings (SSSR count). The van der Waals surface area contributed by atoms with Gasteiger partial charge in [-0.2, -0.15) is 5.10 Å². The number of hydrogen-bond donors (Lipinski definition) is 3. The van der Waals surface area contributed by atoms with E-state index < -0.39 is 23.1 Å². The van der Waals surface area contributed by atoms with Gasteiger partial charge in [-0.05, 0) is 56.2 Å². The predicted octanol–water partition coefficient (Wildman–Crippen LogP) is 3.28. The molecule has 0 atom stereocenters. The second-order valence-corrected chi connectivity index (χ2v) is 6.95. The van der Waals surface area contributed by atoms with Crippen LogP contribution in [0.25, 0.3) is 0 Å². The molecule has 1 aliphatic carbocycles. The number of halogens is 2. The van der Waals surface area contributed by atoms with Gasteiger partial charge in [-0.3, -0.25) is 14.7 Å². The lowest BCUT2D eigenvalue weighted by Gasteiger charge is -2.27. The average molecular weight is 376 g/mol. The molecule has 2 aromatic rings. The Labute approximate surface area is 155 Å². The van der Waals surface area contributed by atoms with Crippen LogP contribution in [-0.4, -0.2) is 28.4 Å². The van der Waals surface area contributed by atoms with E-state index in [1.54, 1.807) is 0 Å². The smallest absolute Gasteiger partial charge is 0.261 e. The van der Waals surface area contributed by atoms with E-state index in [0.717, 1.165) is 37.8 Å². The van der Waals surface area contributed by atoms with Crippen LogP contribution in [0.3, 0.4) is 0 Å². The first-order valence-corrected chi connectivity index (χ1v) is 9.02. The van der Waals surface area contributed by atoms with Gasteiger partial charge in [0.05, 0.1) is 5.69 Å². The van der Waals surface area contributed by atoms with Crippen LogP contribution in [-0.2, 0) is 0 Å². The Morgan fingerprint density at radius 2 is 1.78 bits per heavy atom. The van der Waals surface area contributed by atoms with E-state index >= 15 is 0 Å². The second-order valence-electron chi connectivity index (χ2n) is 6.95. The summed E-state index contributed by atoms with van der Waals surface area (Å²) in [6.07, 6.45) is 5.52. The first-order chi connectivity index (χ1) is 13.0. The van der Waals surface area contributed by atoms with Crippen molar-refractivity contribution in [2.24, 2.45) is 17.6 Å². The minimum Gasteiger partial charge on any atom is -0.330 e. The van der Waals surface area contributed by atoms with E-state index in [1.807, 2.05) is 0 Å². The van der Waals surface area contributed by atoms with Gasteiger partial charge in [0.15, 0.2) is 11.5 Å². The van der Waals surface area contributed by atoms with Crippen molar-refractivity contribution in [3.05, 3.63) is 47.3 Å². The number of hydrogen-bond acceptors (Lipinski definition) is 4. The van der Waals surface area contributed by atoms with Crippen LogP contribution in [0.15, 0.2) is 24.4 Å². The quantitative estimate of drug-likeness (QED) is 0.674. The van der Waals surface area contributed by atoms with E-state index in [2.05, 4.69) is 15.5 Å². The zero-order valence-corrected chi connectivity index (χ0v) is 14.8. The van der Waals surface area contributed by atoms with Crippen molar-refractivity contribution in [2.75, 3.05) is 11.9 Å². The van der Waals surface area contributed by atoms with Crippen molar-refractivity contribution in [3.8, 4) is 0 Å². The Kier molecular flexibility index (Phi) is 5.95. The molecule has 1 aromatic carbocycles. The molecule has 1 aliphatic rings. The Balaban J connectivity index is 1.67. The highest BCUT2D eigenvalue weighted by Gasteiger charge is 2.26. The number of H-pyrrole nitrogens is 1. The van der Waals surface area contributed by atoms with E-state index in [-0.39, 0.29) is 23.1 Å². The van der Waals surface area contributed by atoms with E-state index in [4.69, 9.17) is 5.73 Å². The summed E-state index contributed by atoms with van der Waals surface area (Å²) in [6.45, 7) is 0.669. The lowest BCUT2D eigenvalue weighted by Crippen LogP contribution is -2.23. The maximum absolute atomic E-state index is 13.8. The van der Waals surface area contributed by atoms with Gasteiger partial charge in [-0.15, -0.1) is 0 Å². The van der Waals surface area contributed by atoms with Gasteiger partial charge >= 0.3 is 0 Å². The minimum atomic E-state index is -0.972. The summed E-state index contributed by atoms with van der Waals surface area (Å²) in [5.74, 6) is -2.35. The van der Waals surface area contributed by atoms with Crippen molar-refractivity contribution in [1.29, 1.82) is 0 Å². The number of aromatic nitrogens is 2. The van der Waals surface area contributed by atoms with Gasteiger partial charge in [0, 0.05) is 12.6 Å². The lowest BCUT2D eigenvalue weighted by molar-refractivity contribution is 0.0939. The molecule has 1 amide bonds. The maximum atomic E-state index is 13.8. The zero-order chi connectivity index (χ0) is 19.4. The number of carbonyl (C=O) groups excluding carboxylic acids is 2. The number of anilines is 1. The highest BCUT2D eigenvalue weighted by molar-refractivity contribution is 6.08. The monoisotopic (exact) mass is 376 g/mol. The molecule has 0 spiro atoms. The van der Waals surface area contributed by atoms with Gasteiger partial charge in [-0.1, -0.05) is 6.07 Å². The normalized spacial score (nSPS) is 19.7. The third-order valence-electron chi connectivity index (χ3n) is 5.12. The maximum Gasteiger partial charge on any atom is 0.261 e. The standard InChI is InChI=1S/C19H22F2N4O2/c20-13-2-1-3-14(21)17(13)19(27)24-15-10-23-25-18(15)16(26)8-11-4-6-12(9-22)7-5-11/h1-3,10-12H,4-9,22H2,(H,23,25)(H,24,27)/t11-,12-. The van der Waals surface area contributed by atoms with Gasteiger partial charge < -0.3 is 11.1 Å². The van der Waals surface area contributed by atoms with Gasteiger partial charge in [0.25, 0.3) is 5.91 Å². The number of ketones is 1. The van der Waals surface area contributed by atoms with Gasteiger partial charge in [-0.25, -0.2) is 8.78 Å². The summed E-state index contributed by atoms with van der Waals surface area (Å²) in [7, 11) is 0. The fourth-order valence-electron chi connectivity index (χ4n) is 3.53. The molecule has 1 saturated carbocycles. The van der Waals surface area contributed by atoms with Crippen LogP contribution in [0.2, 0.25) is 0 Å². The molecule has 0 radical (unpaired) electrons. The van der Waals surface area contributed by atoms with Crippen LogP contribution in [0, 0.1) is 23.5 Å². The molecule has 0 bridgehead atoms. The predicted molar refractivity (Wildman–Crippen MR) is 96.3 cm³/mol. The van der Waals surface area contributed by atoms with E-state index in [0.29, 0.717) is 18.9 Å². The topological polar surface area (TPSA) is 101 Å². The lowest BCUT2D eigenvalue weighted by atomic mass is 9.79. The minimum absolute atomic E-state index is 0.0704. The van der Waals surface area contributed by atoms with Crippen LogP contribution >= 0.6 is 0 Å². The molecule has 4 N–H and O–H groups in total. The summed E-state index contributed by atoms with van der Waals surface area (Å²) in [6, 6.07) is 3.17. The van der Waals surface area contributed by atoms with Crippen molar-refractivity contribution in [3.63, 3.8) is 0 Å². The number of nitrogens with one attached hydrogen (secondary N) is 2. The average Bonchev–Trinajstić information content (AvgIpc) is 3.10. The Hall–Kier alpha value is -2.61. The summed E-state index contributed by atoms with van der Waals surface area (Å²) in [5.41, 5.74) is 5.18. The third-order valence-corrected chi connectivity index (χ3v) is 5.12. The van der Waals surface area contributed by atoms with E-state index in [9.17, 15) is 18.4 Å². The van der Waals surface area contributed by atoms with Crippen LogP contribution in [0.1, 0.15) is 53.0 Å². The Morgan fingerprint density at radius 3 is 2.41 bits per heavy atom. The fourth-order valence-corrected chi connectivity index (χ4v) is 3.53. The Bertz CT molecular complexity index is 809. The number of rotatable bonds is 6. The molecule has 144 valence electrons. The first kappa shape index (κ1) is 19.2. The molecular weight excluding hydrogens is 354 g/mol. The molecule has 0 unspecified atom stereocenters. The number of nitrogens with zero attached hydrogens (tertiary/aromatic N) is 1. The van der Waals surface area contributed by atoms with Crippen molar-refractivity contribution in [2.45, 2.75) is 32.1 Å². The largest absolute Gasteiger partial charge is 0.330 e. The summed E-state index contributed by atoms with van der Waals surface area (Å²) >= 11 is 0. The molecule has 6 nitrogen and oxygen atoms in total. The molecule has 8 heteroatoms. The van der Waals surface area contributed by atoms with Gasteiger partial charge in [0.1, 0.15) is 17.2 Å². The number of amides is 1. The zero-order valence-electron chi connectivity index (χ0n) is 14.8. The molecule has 1 fully saturated rings. The van der Waals surface area contributed by atoms with Gasteiger partial charge in [0.2, 0.25) is 0 Å². The number of aromatic amines is 1. The molecule has 1 heterocycles. The second kappa shape index (κ2) is 8.39. The number of carbonyl (C=O) groups is 2. The van der Waals surface area contributed by atoms with Crippen LogP contribution < -0.4 is 11.1 Å². The SMILES string of the molecule is NC[C@H]1CC[C@H](CC(=O)c2n[nH]cc2NC(=O)c2c(F)cccc2F)CC1. The van der Waals surface area contributed by atoms with Crippen molar-refractivity contribution in [1.82, 2.24) is 10.2 Å². The Morgan fingerprint density at radius 1 is 1.15 bits per heavy atom. The molecule has 1 aromatic heterocycles. The van der Waals surface area contributed by atoms with E-state index in [1.165, 1.54) is 12.3 Å².